The Morgan fingerprint density at radius 2 is 1.82 bits per heavy atom. The molecule has 1 aliphatic heterocycles. The van der Waals surface area contributed by atoms with Crippen LogP contribution in [0, 0.1) is 0 Å². The molecule has 6 heteroatoms. The van der Waals surface area contributed by atoms with Gasteiger partial charge < -0.3 is 19.7 Å². The first-order chi connectivity index (χ1) is 13.7. The summed E-state index contributed by atoms with van der Waals surface area (Å²) in [7, 11) is 0. The molecule has 0 spiro atoms. The summed E-state index contributed by atoms with van der Waals surface area (Å²) in [6, 6.07) is 14.4. The highest BCUT2D eigenvalue weighted by atomic mass is 16.5. The number of rotatable bonds is 6. The Labute approximate surface area is 164 Å². The summed E-state index contributed by atoms with van der Waals surface area (Å²) >= 11 is 0. The van der Waals surface area contributed by atoms with Gasteiger partial charge in [-0.1, -0.05) is 18.2 Å². The minimum atomic E-state index is -0.251. The van der Waals surface area contributed by atoms with Gasteiger partial charge in [-0.2, -0.15) is 0 Å². The van der Waals surface area contributed by atoms with Crippen molar-refractivity contribution in [3.05, 3.63) is 65.7 Å². The molecule has 0 atom stereocenters. The predicted molar refractivity (Wildman–Crippen MR) is 108 cm³/mol. The van der Waals surface area contributed by atoms with Gasteiger partial charge in [0.15, 0.2) is 0 Å². The van der Waals surface area contributed by atoms with Crippen LogP contribution in [0.15, 0.2) is 54.6 Å². The molecular formula is C22H24N2O4. The maximum Gasteiger partial charge on any atom is 0.254 e. The van der Waals surface area contributed by atoms with Crippen LogP contribution in [0.1, 0.15) is 22.8 Å². The molecule has 28 heavy (non-hydrogen) atoms. The van der Waals surface area contributed by atoms with Crippen molar-refractivity contribution >= 4 is 23.6 Å². The van der Waals surface area contributed by atoms with E-state index in [2.05, 4.69) is 5.32 Å². The molecule has 1 heterocycles. The van der Waals surface area contributed by atoms with Crippen molar-refractivity contribution in [1.29, 1.82) is 0 Å². The van der Waals surface area contributed by atoms with E-state index in [9.17, 15) is 9.59 Å². The van der Waals surface area contributed by atoms with Gasteiger partial charge in [-0.05, 0) is 43.3 Å². The molecule has 0 unspecified atom stereocenters. The van der Waals surface area contributed by atoms with Crippen molar-refractivity contribution in [3.63, 3.8) is 0 Å². The van der Waals surface area contributed by atoms with Gasteiger partial charge in [0.25, 0.3) is 5.91 Å². The van der Waals surface area contributed by atoms with Gasteiger partial charge >= 0.3 is 0 Å². The third-order valence-corrected chi connectivity index (χ3v) is 4.33. The molecule has 0 bridgehead atoms. The van der Waals surface area contributed by atoms with Crippen molar-refractivity contribution in [2.24, 2.45) is 0 Å². The maximum absolute atomic E-state index is 12.4. The third-order valence-electron chi connectivity index (χ3n) is 4.33. The van der Waals surface area contributed by atoms with Crippen LogP contribution in [0.3, 0.4) is 0 Å². The van der Waals surface area contributed by atoms with Crippen molar-refractivity contribution in [1.82, 2.24) is 4.90 Å². The molecule has 1 fully saturated rings. The van der Waals surface area contributed by atoms with E-state index in [0.29, 0.717) is 44.2 Å². The van der Waals surface area contributed by atoms with Gasteiger partial charge in [0.05, 0.1) is 19.8 Å². The molecule has 0 aliphatic carbocycles. The predicted octanol–water partition coefficient (Wildman–Crippen LogP) is 3.21. The monoisotopic (exact) mass is 380 g/mol. The number of para-hydroxylation sites is 1. The van der Waals surface area contributed by atoms with Crippen LogP contribution in [0.25, 0.3) is 6.08 Å². The molecule has 1 aliphatic rings. The first-order valence-corrected chi connectivity index (χ1v) is 9.35. The number of ether oxygens (including phenoxy) is 2. The van der Waals surface area contributed by atoms with Gasteiger partial charge in [0.2, 0.25) is 5.91 Å². The Balaban J connectivity index is 1.59. The highest BCUT2D eigenvalue weighted by molar-refractivity contribution is 6.02. The zero-order valence-electron chi connectivity index (χ0n) is 15.9. The molecule has 3 rings (SSSR count). The van der Waals surface area contributed by atoms with Crippen LogP contribution in [-0.4, -0.2) is 49.6 Å². The second-order valence-corrected chi connectivity index (χ2v) is 6.28. The minimum absolute atomic E-state index is 0.0198. The maximum atomic E-state index is 12.4. The number of carbonyl (C=O) groups excluding carboxylic acids is 2. The number of hydrogen-bond acceptors (Lipinski definition) is 4. The van der Waals surface area contributed by atoms with Crippen molar-refractivity contribution in [2.45, 2.75) is 6.92 Å². The van der Waals surface area contributed by atoms with E-state index in [1.807, 2.05) is 31.2 Å². The normalized spacial score (nSPS) is 14.1. The van der Waals surface area contributed by atoms with Crippen molar-refractivity contribution in [3.8, 4) is 5.75 Å². The topological polar surface area (TPSA) is 67.9 Å². The number of hydrogen-bond donors (Lipinski definition) is 1. The van der Waals surface area contributed by atoms with Crippen LogP contribution >= 0.6 is 0 Å². The molecule has 0 aromatic heterocycles. The molecule has 0 radical (unpaired) electrons. The summed E-state index contributed by atoms with van der Waals surface area (Å²) in [6.07, 6.45) is 3.18. The Morgan fingerprint density at radius 1 is 1.11 bits per heavy atom. The number of nitrogens with zero attached hydrogens (tertiary/aromatic N) is 1. The lowest BCUT2D eigenvalue weighted by molar-refractivity contribution is -0.111. The number of benzene rings is 2. The smallest absolute Gasteiger partial charge is 0.254 e. The lowest BCUT2D eigenvalue weighted by Crippen LogP contribution is -2.40. The minimum Gasteiger partial charge on any atom is -0.493 e. The number of carbonyl (C=O) groups is 2. The Kier molecular flexibility index (Phi) is 6.81. The van der Waals surface area contributed by atoms with Crippen LogP contribution < -0.4 is 10.1 Å². The summed E-state index contributed by atoms with van der Waals surface area (Å²) in [4.78, 5) is 26.4. The fraction of sp³-hybridized carbons (Fsp3) is 0.273. The van der Waals surface area contributed by atoms with E-state index < -0.39 is 0 Å². The fourth-order valence-corrected chi connectivity index (χ4v) is 2.90. The average Bonchev–Trinajstić information content (AvgIpc) is 2.74. The van der Waals surface area contributed by atoms with Crippen LogP contribution in [0.5, 0.6) is 5.75 Å². The first kappa shape index (κ1) is 19.6. The fourth-order valence-electron chi connectivity index (χ4n) is 2.90. The SMILES string of the molecule is CCOc1ccccc1C=CC(=O)Nc1ccc(C(=O)N2CCOCC2)cc1. The van der Waals surface area contributed by atoms with E-state index in [1.165, 1.54) is 6.08 Å². The van der Waals surface area contributed by atoms with Gasteiger partial charge in [-0.25, -0.2) is 0 Å². The lowest BCUT2D eigenvalue weighted by Gasteiger charge is -2.26. The largest absolute Gasteiger partial charge is 0.493 e. The van der Waals surface area contributed by atoms with E-state index in [1.54, 1.807) is 35.2 Å². The zero-order valence-corrected chi connectivity index (χ0v) is 15.9. The van der Waals surface area contributed by atoms with Crippen molar-refractivity contribution < 1.29 is 19.1 Å². The highest BCUT2D eigenvalue weighted by Gasteiger charge is 2.18. The number of amides is 2. The molecular weight excluding hydrogens is 356 g/mol. The first-order valence-electron chi connectivity index (χ1n) is 9.35. The summed E-state index contributed by atoms with van der Waals surface area (Å²) < 4.78 is 10.8. The van der Waals surface area contributed by atoms with E-state index >= 15 is 0 Å². The molecule has 0 saturated carbocycles. The molecule has 2 amide bonds. The van der Waals surface area contributed by atoms with Crippen molar-refractivity contribution in [2.75, 3.05) is 38.2 Å². The van der Waals surface area contributed by atoms with E-state index in [4.69, 9.17) is 9.47 Å². The Bertz CT molecular complexity index is 840. The summed E-state index contributed by atoms with van der Waals surface area (Å²) in [5.74, 6) is 0.465. The zero-order chi connectivity index (χ0) is 19.8. The van der Waals surface area contributed by atoms with Crippen LogP contribution in [0.2, 0.25) is 0 Å². The number of anilines is 1. The van der Waals surface area contributed by atoms with Gasteiger partial charge in [-0.15, -0.1) is 0 Å². The Morgan fingerprint density at radius 3 is 2.54 bits per heavy atom. The molecule has 146 valence electrons. The summed E-state index contributed by atoms with van der Waals surface area (Å²) in [6.45, 7) is 4.82. The standard InChI is InChI=1S/C22H24N2O4/c1-2-28-20-6-4-3-5-17(20)9-12-21(25)23-19-10-7-18(8-11-19)22(26)24-13-15-27-16-14-24/h3-12H,2,13-16H2,1H3,(H,23,25). The van der Waals surface area contributed by atoms with Gasteiger partial charge in [0, 0.05) is 36.0 Å². The van der Waals surface area contributed by atoms with Crippen LogP contribution in [-0.2, 0) is 9.53 Å². The average molecular weight is 380 g/mol. The van der Waals surface area contributed by atoms with Gasteiger partial charge in [0.1, 0.15) is 5.75 Å². The second kappa shape index (κ2) is 9.71. The number of morpholine rings is 1. The molecule has 1 saturated heterocycles. The quantitative estimate of drug-likeness (QED) is 0.782. The summed E-state index contributed by atoms with van der Waals surface area (Å²) in [5.41, 5.74) is 2.07. The highest BCUT2D eigenvalue weighted by Crippen LogP contribution is 2.19. The molecule has 2 aromatic rings. The third kappa shape index (κ3) is 5.20. The molecule has 1 N–H and O–H groups in total. The van der Waals surface area contributed by atoms with E-state index in [-0.39, 0.29) is 11.8 Å². The Hall–Kier alpha value is -3.12. The molecule has 2 aromatic carbocycles. The van der Waals surface area contributed by atoms with Gasteiger partial charge in [-0.3, -0.25) is 9.59 Å². The second-order valence-electron chi connectivity index (χ2n) is 6.28. The van der Waals surface area contributed by atoms with Crippen LogP contribution in [0.4, 0.5) is 5.69 Å². The number of nitrogens with one attached hydrogen (secondary N) is 1. The summed E-state index contributed by atoms with van der Waals surface area (Å²) in [5, 5.41) is 2.80. The van der Waals surface area contributed by atoms with E-state index in [0.717, 1.165) is 11.3 Å². The molecule has 6 nitrogen and oxygen atoms in total. The lowest BCUT2D eigenvalue weighted by atomic mass is 10.1.